The molecule has 320 valence electrons. The van der Waals surface area contributed by atoms with Crippen molar-refractivity contribution in [2.75, 3.05) is 19.0 Å². The van der Waals surface area contributed by atoms with Gasteiger partial charge >= 0.3 is 6.18 Å². The number of rotatable bonds is 13. The maximum atomic E-state index is 14.9. The fraction of sp³-hybridized carbons (Fsp3) is 0.455. The zero-order chi connectivity index (χ0) is 43.4. The minimum atomic E-state index is -4.62. The van der Waals surface area contributed by atoms with Crippen LogP contribution in [0.5, 0.6) is 11.5 Å². The minimum absolute atomic E-state index is 0.0243. The van der Waals surface area contributed by atoms with Gasteiger partial charge in [-0.05, 0) is 67.9 Å². The van der Waals surface area contributed by atoms with Gasteiger partial charge < -0.3 is 25.0 Å². The minimum Gasteiger partial charge on any atom is -0.497 e. The van der Waals surface area contributed by atoms with Gasteiger partial charge in [-0.2, -0.15) is 13.2 Å². The number of hydrogen-bond acceptors (Lipinski definition) is 9. The average molecular weight is 850 g/mol. The molecule has 1 saturated heterocycles. The predicted molar refractivity (Wildman–Crippen MR) is 221 cm³/mol. The third kappa shape index (κ3) is 8.48. The molecular formula is C44H50F3N5O7S. The van der Waals surface area contributed by atoms with Crippen LogP contribution in [-0.2, 0) is 30.6 Å². The van der Waals surface area contributed by atoms with Crippen molar-refractivity contribution in [1.82, 2.24) is 19.9 Å². The van der Waals surface area contributed by atoms with Gasteiger partial charge in [0, 0.05) is 35.2 Å². The lowest BCUT2D eigenvalue weighted by molar-refractivity contribution is -0.141. The number of benzene rings is 3. The number of likely N-dealkylation sites (tertiary alicyclic amines) is 1. The molecule has 1 aliphatic heterocycles. The molecule has 2 saturated carbocycles. The molecule has 4 aromatic rings. The number of methoxy groups -OCH3 is 1. The topological polar surface area (TPSA) is 156 Å². The second kappa shape index (κ2) is 15.6. The van der Waals surface area contributed by atoms with Crippen molar-refractivity contribution in [1.29, 1.82) is 0 Å². The summed E-state index contributed by atoms with van der Waals surface area (Å²) >= 11 is 0. The summed E-state index contributed by atoms with van der Waals surface area (Å²) in [6.45, 7) is 8.57. The second-order valence-electron chi connectivity index (χ2n) is 17.4. The highest BCUT2D eigenvalue weighted by Crippen LogP contribution is 2.48. The van der Waals surface area contributed by atoms with Crippen LogP contribution in [0.3, 0.4) is 0 Å². The lowest BCUT2D eigenvalue weighted by Gasteiger charge is -2.36. The van der Waals surface area contributed by atoms with Crippen LogP contribution in [0.4, 0.5) is 18.9 Å². The first-order valence-electron chi connectivity index (χ1n) is 20.0. The SMILES string of the molecule is CC[C@@H]1C[C@]1(NC(=O)[C@@H]1C[C@@H](Oc2cc(-c3ccccc3)nc3cc(OC)ccc23)CN1C(=O)[C@@H](Nc1cccc(C(F)(F)F)c1)C(C)(C)C)C(=O)NS(=O)(=O)C1(C)CC1. The van der Waals surface area contributed by atoms with Crippen molar-refractivity contribution in [2.24, 2.45) is 11.3 Å². The Morgan fingerprint density at radius 1 is 0.983 bits per heavy atom. The monoisotopic (exact) mass is 849 g/mol. The number of aromatic nitrogens is 1. The Morgan fingerprint density at radius 2 is 1.70 bits per heavy atom. The molecule has 3 aliphatic rings. The second-order valence-corrected chi connectivity index (χ2v) is 19.6. The summed E-state index contributed by atoms with van der Waals surface area (Å²) in [4.78, 5) is 49.5. The summed E-state index contributed by atoms with van der Waals surface area (Å²) in [5.74, 6) is -1.45. The molecule has 3 fully saturated rings. The van der Waals surface area contributed by atoms with E-state index in [0.717, 1.165) is 17.7 Å². The molecule has 0 radical (unpaired) electrons. The average Bonchev–Trinajstić information content (AvgIpc) is 4.09. The summed E-state index contributed by atoms with van der Waals surface area (Å²) in [6, 6.07) is 18.8. The van der Waals surface area contributed by atoms with Crippen molar-refractivity contribution in [3.8, 4) is 22.8 Å². The number of alkyl halides is 3. The van der Waals surface area contributed by atoms with Crippen LogP contribution < -0.4 is 24.8 Å². The van der Waals surface area contributed by atoms with Crippen LogP contribution in [0.2, 0.25) is 0 Å². The predicted octanol–water partition coefficient (Wildman–Crippen LogP) is 7.09. The quantitative estimate of drug-likeness (QED) is 0.128. The van der Waals surface area contributed by atoms with Crippen LogP contribution in [0.15, 0.2) is 78.9 Å². The van der Waals surface area contributed by atoms with Gasteiger partial charge in [-0.25, -0.2) is 13.4 Å². The molecule has 3 N–H and O–H groups in total. The van der Waals surface area contributed by atoms with E-state index >= 15 is 0 Å². The number of nitrogens with one attached hydrogen (secondary N) is 3. The third-order valence-electron chi connectivity index (χ3n) is 12.0. The first-order chi connectivity index (χ1) is 28.2. The van der Waals surface area contributed by atoms with Gasteiger partial charge in [-0.3, -0.25) is 19.1 Å². The smallest absolute Gasteiger partial charge is 0.416 e. The Bertz CT molecular complexity index is 2420. The first kappa shape index (κ1) is 42.7. The van der Waals surface area contributed by atoms with Crippen LogP contribution >= 0.6 is 0 Å². The fourth-order valence-electron chi connectivity index (χ4n) is 7.87. The van der Waals surface area contributed by atoms with E-state index in [1.165, 1.54) is 17.0 Å². The highest BCUT2D eigenvalue weighted by atomic mass is 32.2. The lowest BCUT2D eigenvalue weighted by Crippen LogP contribution is -2.59. The molecule has 2 heterocycles. The number of nitrogens with zero attached hydrogens (tertiary/aromatic N) is 2. The lowest BCUT2D eigenvalue weighted by atomic mass is 9.85. The van der Waals surface area contributed by atoms with E-state index < -0.39 is 73.4 Å². The Hall–Kier alpha value is -5.38. The first-order valence-corrected chi connectivity index (χ1v) is 21.5. The van der Waals surface area contributed by atoms with Crippen LogP contribution in [0.1, 0.15) is 72.3 Å². The van der Waals surface area contributed by atoms with Crippen molar-refractivity contribution >= 4 is 44.3 Å². The molecule has 16 heteroatoms. The summed E-state index contributed by atoms with van der Waals surface area (Å²) in [5.41, 5.74) is -1.25. The molecule has 3 amide bonds. The molecule has 1 aromatic heterocycles. The number of pyridine rings is 1. The van der Waals surface area contributed by atoms with Gasteiger partial charge in [0.25, 0.3) is 5.91 Å². The molecule has 0 spiro atoms. The number of fused-ring (bicyclic) bond motifs is 1. The van der Waals surface area contributed by atoms with E-state index in [1.807, 2.05) is 37.3 Å². The number of amides is 3. The zero-order valence-corrected chi connectivity index (χ0v) is 35.2. The molecule has 0 bridgehead atoms. The number of hydrogen-bond donors (Lipinski definition) is 3. The maximum Gasteiger partial charge on any atom is 0.416 e. The Balaban J connectivity index is 1.24. The fourth-order valence-corrected chi connectivity index (χ4v) is 9.19. The van der Waals surface area contributed by atoms with Crippen molar-refractivity contribution in [3.63, 3.8) is 0 Å². The van der Waals surface area contributed by atoms with Crippen molar-refractivity contribution in [3.05, 3.63) is 84.4 Å². The molecule has 2 aliphatic carbocycles. The third-order valence-corrected chi connectivity index (χ3v) is 14.1. The highest BCUT2D eigenvalue weighted by molar-refractivity contribution is 7.91. The van der Waals surface area contributed by atoms with Crippen molar-refractivity contribution in [2.45, 2.75) is 101 Å². The molecule has 5 atom stereocenters. The largest absolute Gasteiger partial charge is 0.497 e. The molecule has 12 nitrogen and oxygen atoms in total. The van der Waals surface area contributed by atoms with Gasteiger partial charge in [-0.15, -0.1) is 0 Å². The van der Waals surface area contributed by atoms with Gasteiger partial charge in [-0.1, -0.05) is 70.5 Å². The number of sulfonamides is 1. The molecule has 3 aromatic carbocycles. The molecular weight excluding hydrogens is 800 g/mol. The van der Waals surface area contributed by atoms with Crippen LogP contribution in [0.25, 0.3) is 22.2 Å². The number of halogens is 3. The van der Waals surface area contributed by atoms with Gasteiger partial charge in [0.2, 0.25) is 21.8 Å². The Morgan fingerprint density at radius 3 is 2.32 bits per heavy atom. The van der Waals surface area contributed by atoms with E-state index in [2.05, 4.69) is 15.4 Å². The Labute approximate surface area is 347 Å². The van der Waals surface area contributed by atoms with E-state index in [4.69, 9.17) is 14.5 Å². The van der Waals surface area contributed by atoms with E-state index in [9.17, 15) is 36.0 Å². The maximum absolute atomic E-state index is 14.9. The van der Waals surface area contributed by atoms with E-state index in [1.54, 1.807) is 59.1 Å². The summed E-state index contributed by atoms with van der Waals surface area (Å²) in [6.07, 6.45) is -3.95. The van der Waals surface area contributed by atoms with Gasteiger partial charge in [0.05, 0.1) is 35.2 Å². The summed E-state index contributed by atoms with van der Waals surface area (Å²) in [7, 11) is -2.48. The zero-order valence-electron chi connectivity index (χ0n) is 34.4. The van der Waals surface area contributed by atoms with E-state index in [-0.39, 0.29) is 31.0 Å². The van der Waals surface area contributed by atoms with Gasteiger partial charge in [0.15, 0.2) is 0 Å². The van der Waals surface area contributed by atoms with Crippen LogP contribution in [0, 0.1) is 11.3 Å². The number of carbonyl (C=O) groups excluding carboxylic acids is 3. The molecule has 7 rings (SSSR count). The standard InChI is InChI=1S/C44H50F3N5O7S/c1-7-27-24-43(27,40(55)51-60(56,57)42(5)18-19-42)50-38(53)35-22-31(25-52(35)39(54)37(41(2,3)4)48-29-15-11-14-28(20-29)44(45,46)47)59-36-23-33(26-12-9-8-10-13-26)49-34-21-30(58-6)16-17-32(34)36/h8-17,20-21,23,27,31,35,37,48H,7,18-19,22,24-25H2,1-6H3,(H,50,53)(H,51,55)/t27-,31-,35+,37-,43-/m1/s1. The number of anilines is 1. The normalized spacial score (nSPS) is 22.8. The van der Waals surface area contributed by atoms with Gasteiger partial charge in [0.1, 0.15) is 35.2 Å². The Kier molecular flexibility index (Phi) is 11.1. The molecule has 0 unspecified atom stereocenters. The summed E-state index contributed by atoms with van der Waals surface area (Å²) < 4.78 is 80.8. The highest BCUT2D eigenvalue weighted by Gasteiger charge is 2.63. The van der Waals surface area contributed by atoms with Crippen LogP contribution in [-0.4, -0.2) is 78.2 Å². The number of carbonyl (C=O) groups is 3. The molecule has 60 heavy (non-hydrogen) atoms. The van der Waals surface area contributed by atoms with E-state index in [0.29, 0.717) is 47.4 Å². The van der Waals surface area contributed by atoms with Crippen molar-refractivity contribution < 1.29 is 45.4 Å². The number of ether oxygens (including phenoxy) is 2. The summed E-state index contributed by atoms with van der Waals surface area (Å²) in [5, 5.41) is 6.53.